The molecule has 0 radical (unpaired) electrons. The van der Waals surface area contributed by atoms with Gasteiger partial charge >= 0.3 is 0 Å². The average Bonchev–Trinajstić information content (AvgIpc) is 3.30. The lowest BCUT2D eigenvalue weighted by Gasteiger charge is -2.38. The van der Waals surface area contributed by atoms with Crippen molar-refractivity contribution in [3.63, 3.8) is 0 Å². The van der Waals surface area contributed by atoms with Crippen LogP contribution in [0.2, 0.25) is 15.1 Å². The Morgan fingerprint density at radius 3 is 2.56 bits per heavy atom. The van der Waals surface area contributed by atoms with E-state index in [-0.39, 0.29) is 30.4 Å². The third-order valence-corrected chi connectivity index (χ3v) is 8.10. The summed E-state index contributed by atoms with van der Waals surface area (Å²) in [6, 6.07) is 13.8. The number of fused-ring (bicyclic) bond motifs is 1. The van der Waals surface area contributed by atoms with Crippen molar-refractivity contribution < 1.29 is 9.59 Å². The number of hydrogen-bond acceptors (Lipinski definition) is 3. The first-order valence-electron chi connectivity index (χ1n) is 11.2. The van der Waals surface area contributed by atoms with Crippen molar-refractivity contribution in [3.8, 4) is 0 Å². The zero-order valence-corrected chi connectivity index (χ0v) is 22.0. The second-order valence-corrected chi connectivity index (χ2v) is 10.7. The zero-order chi connectivity index (χ0) is 24.4. The van der Waals surface area contributed by atoms with E-state index in [9.17, 15) is 9.59 Å². The van der Waals surface area contributed by atoms with Crippen molar-refractivity contribution >= 4 is 58.0 Å². The molecule has 2 heterocycles. The lowest BCUT2D eigenvalue weighted by atomic mass is 9.93. The van der Waals surface area contributed by atoms with Crippen LogP contribution in [0.1, 0.15) is 52.7 Å². The van der Waals surface area contributed by atoms with Gasteiger partial charge in [0.1, 0.15) is 6.54 Å². The molecule has 2 amide bonds. The van der Waals surface area contributed by atoms with Crippen LogP contribution in [-0.4, -0.2) is 40.7 Å². The first-order chi connectivity index (χ1) is 16.3. The van der Waals surface area contributed by atoms with Gasteiger partial charge in [0.15, 0.2) is 0 Å². The molecule has 1 aromatic heterocycles. The molecule has 0 aliphatic carbocycles. The molecule has 0 bridgehead atoms. The van der Waals surface area contributed by atoms with E-state index in [4.69, 9.17) is 34.8 Å². The summed E-state index contributed by atoms with van der Waals surface area (Å²) in [7, 11) is 0. The van der Waals surface area contributed by atoms with Gasteiger partial charge in [0, 0.05) is 38.1 Å². The predicted octanol–water partition coefficient (Wildman–Crippen LogP) is 7.12. The Hall–Kier alpha value is -2.05. The van der Waals surface area contributed by atoms with E-state index in [0.717, 1.165) is 24.0 Å². The summed E-state index contributed by atoms with van der Waals surface area (Å²) in [5, 5.41) is 3.59. The van der Waals surface area contributed by atoms with Crippen LogP contribution in [0.5, 0.6) is 0 Å². The van der Waals surface area contributed by atoms with Crippen molar-refractivity contribution in [2.75, 3.05) is 13.1 Å². The Morgan fingerprint density at radius 1 is 1.09 bits per heavy atom. The number of amides is 2. The number of thiophene rings is 1. The zero-order valence-electron chi connectivity index (χ0n) is 18.9. The fraction of sp³-hybridized carbons (Fsp3) is 0.308. The van der Waals surface area contributed by atoms with Crippen LogP contribution in [0.25, 0.3) is 0 Å². The van der Waals surface area contributed by atoms with Gasteiger partial charge < -0.3 is 9.80 Å². The van der Waals surface area contributed by atoms with Crippen LogP contribution >= 0.6 is 46.1 Å². The molecular formula is C26H25Cl3N2O2S. The van der Waals surface area contributed by atoms with Gasteiger partial charge in [-0.25, -0.2) is 0 Å². The summed E-state index contributed by atoms with van der Waals surface area (Å²) in [6.07, 6.45) is 1.49. The number of rotatable bonds is 6. The molecule has 0 N–H and O–H groups in total. The van der Waals surface area contributed by atoms with Gasteiger partial charge in [0.05, 0.1) is 6.04 Å². The summed E-state index contributed by atoms with van der Waals surface area (Å²) in [5.74, 6) is -0.331. The van der Waals surface area contributed by atoms with Gasteiger partial charge in [-0.1, -0.05) is 53.9 Å². The van der Waals surface area contributed by atoms with Gasteiger partial charge in [-0.05, 0) is 72.7 Å². The van der Waals surface area contributed by atoms with E-state index in [1.807, 2.05) is 30.2 Å². The summed E-state index contributed by atoms with van der Waals surface area (Å²) >= 11 is 20.5. The van der Waals surface area contributed by atoms with Crippen molar-refractivity contribution in [3.05, 3.63) is 90.5 Å². The van der Waals surface area contributed by atoms with Gasteiger partial charge in [0.25, 0.3) is 5.91 Å². The minimum atomic E-state index is -0.327. The fourth-order valence-corrected chi connectivity index (χ4v) is 5.92. The molecule has 4 rings (SSSR count). The highest BCUT2D eigenvalue weighted by atomic mass is 35.5. The summed E-state index contributed by atoms with van der Waals surface area (Å²) in [5.41, 5.74) is 2.37. The Morgan fingerprint density at radius 2 is 1.85 bits per heavy atom. The van der Waals surface area contributed by atoms with Crippen molar-refractivity contribution in [1.82, 2.24) is 9.80 Å². The Labute approximate surface area is 219 Å². The number of nitrogens with zero attached hydrogens (tertiary/aromatic N) is 2. The van der Waals surface area contributed by atoms with Crippen LogP contribution < -0.4 is 0 Å². The van der Waals surface area contributed by atoms with E-state index in [2.05, 4.69) is 6.07 Å². The van der Waals surface area contributed by atoms with E-state index in [0.29, 0.717) is 27.2 Å². The van der Waals surface area contributed by atoms with E-state index >= 15 is 0 Å². The first kappa shape index (κ1) is 25.1. The van der Waals surface area contributed by atoms with Gasteiger partial charge in [-0.3, -0.25) is 9.59 Å². The van der Waals surface area contributed by atoms with Gasteiger partial charge in [-0.15, -0.1) is 11.3 Å². The highest BCUT2D eigenvalue weighted by Gasteiger charge is 2.35. The SMILES string of the molecule is CC[C@H](C)N(CC(=O)N1CCc2sccc2[C@@H]1c1ccc(Cl)cc1Cl)C(=O)c1cccc(Cl)c1. The molecule has 8 heteroatoms. The number of halogens is 3. The van der Waals surface area contributed by atoms with Gasteiger partial charge in [-0.2, -0.15) is 0 Å². The summed E-state index contributed by atoms with van der Waals surface area (Å²) in [6.45, 7) is 4.48. The molecule has 0 saturated carbocycles. The predicted molar refractivity (Wildman–Crippen MR) is 140 cm³/mol. The molecule has 0 fully saturated rings. The van der Waals surface area contributed by atoms with Crippen LogP contribution in [0.15, 0.2) is 53.9 Å². The second-order valence-electron chi connectivity index (χ2n) is 8.41. The number of hydrogen-bond donors (Lipinski definition) is 0. The Bertz CT molecular complexity index is 1210. The normalized spacial score (nSPS) is 16.1. The molecule has 4 nitrogen and oxygen atoms in total. The monoisotopic (exact) mass is 534 g/mol. The molecular weight excluding hydrogens is 511 g/mol. The average molecular weight is 536 g/mol. The third kappa shape index (κ3) is 5.13. The molecule has 2 aromatic carbocycles. The van der Waals surface area contributed by atoms with Crippen LogP contribution in [0, 0.1) is 0 Å². The third-order valence-electron chi connectivity index (χ3n) is 6.30. The number of carbonyl (C=O) groups is 2. The minimum absolute atomic E-state index is 0.0263. The summed E-state index contributed by atoms with van der Waals surface area (Å²) < 4.78 is 0. The van der Waals surface area contributed by atoms with Crippen molar-refractivity contribution in [1.29, 1.82) is 0 Å². The topological polar surface area (TPSA) is 40.6 Å². The smallest absolute Gasteiger partial charge is 0.254 e. The molecule has 0 unspecified atom stereocenters. The van der Waals surface area contributed by atoms with Crippen LogP contribution in [-0.2, 0) is 11.2 Å². The van der Waals surface area contributed by atoms with Crippen molar-refractivity contribution in [2.24, 2.45) is 0 Å². The highest BCUT2D eigenvalue weighted by molar-refractivity contribution is 7.10. The maximum absolute atomic E-state index is 13.8. The summed E-state index contributed by atoms with van der Waals surface area (Å²) in [4.78, 5) is 31.9. The number of benzene rings is 2. The van der Waals surface area contributed by atoms with Crippen LogP contribution in [0.3, 0.4) is 0 Å². The Balaban J connectivity index is 1.67. The quantitative estimate of drug-likeness (QED) is 0.337. The largest absolute Gasteiger partial charge is 0.330 e. The molecule has 0 spiro atoms. The number of carbonyl (C=O) groups excluding carboxylic acids is 2. The Kier molecular flexibility index (Phi) is 7.88. The minimum Gasteiger partial charge on any atom is -0.330 e. The first-order valence-corrected chi connectivity index (χ1v) is 13.2. The van der Waals surface area contributed by atoms with E-state index in [1.165, 1.54) is 4.88 Å². The maximum Gasteiger partial charge on any atom is 0.254 e. The molecule has 0 saturated heterocycles. The molecule has 1 aliphatic heterocycles. The van der Waals surface area contributed by atoms with E-state index in [1.54, 1.807) is 52.6 Å². The maximum atomic E-state index is 13.8. The lowest BCUT2D eigenvalue weighted by molar-refractivity contribution is -0.134. The fourth-order valence-electron chi connectivity index (χ4n) is 4.32. The molecule has 1 aliphatic rings. The molecule has 34 heavy (non-hydrogen) atoms. The van der Waals surface area contributed by atoms with E-state index < -0.39 is 0 Å². The highest BCUT2D eigenvalue weighted by Crippen LogP contribution is 2.41. The molecule has 2 atom stereocenters. The molecule has 178 valence electrons. The van der Waals surface area contributed by atoms with Crippen LogP contribution in [0.4, 0.5) is 0 Å². The second kappa shape index (κ2) is 10.7. The van der Waals surface area contributed by atoms with Crippen molar-refractivity contribution in [2.45, 2.75) is 38.8 Å². The lowest BCUT2D eigenvalue weighted by Crippen LogP contribution is -2.49. The standard InChI is InChI=1S/C26H25Cl3N2O2S/c1-3-16(2)31(26(33)17-5-4-6-18(27)13-17)15-24(32)30-11-9-23-21(10-12-34-23)25(30)20-8-7-19(28)14-22(20)29/h4-8,10,12-14,16,25H,3,9,11,15H2,1-2H3/t16-,25-/m0/s1. The van der Waals surface area contributed by atoms with Gasteiger partial charge in [0.2, 0.25) is 5.91 Å². The molecule has 3 aromatic rings.